The van der Waals surface area contributed by atoms with Crippen LogP contribution in [0.4, 0.5) is 0 Å². The highest BCUT2D eigenvalue weighted by Gasteiger charge is 2.13. The quantitative estimate of drug-likeness (QED) is 0.561. The summed E-state index contributed by atoms with van der Waals surface area (Å²) in [5.41, 5.74) is 4.94. The number of rotatable bonds is 6. The van der Waals surface area contributed by atoms with Crippen LogP contribution in [0.1, 0.15) is 5.56 Å². The van der Waals surface area contributed by atoms with E-state index in [0.717, 1.165) is 38.5 Å². The third-order valence-electron chi connectivity index (χ3n) is 4.78. The minimum Gasteiger partial charge on any atom is -0.481 e. The molecule has 0 bridgehead atoms. The van der Waals surface area contributed by atoms with Crippen LogP contribution in [-0.4, -0.2) is 34.3 Å². The molecule has 0 fully saturated rings. The third-order valence-corrected chi connectivity index (χ3v) is 4.78. The number of pyridine rings is 1. The molecule has 2 heterocycles. The van der Waals surface area contributed by atoms with Gasteiger partial charge < -0.3 is 14.4 Å². The maximum atomic E-state index is 11.3. The molecule has 2 aromatic carbocycles. The number of methoxy groups -OCH3 is 1. The highest BCUT2D eigenvalue weighted by Crippen LogP contribution is 2.30. The van der Waals surface area contributed by atoms with E-state index in [9.17, 15) is 9.90 Å². The van der Waals surface area contributed by atoms with Crippen molar-refractivity contribution in [1.82, 2.24) is 9.55 Å². The van der Waals surface area contributed by atoms with Crippen LogP contribution < -0.4 is 0 Å². The molecule has 0 aliphatic rings. The zero-order valence-electron chi connectivity index (χ0n) is 15.1. The second-order valence-corrected chi connectivity index (χ2v) is 6.55. The van der Waals surface area contributed by atoms with Gasteiger partial charge in [-0.3, -0.25) is 9.78 Å². The van der Waals surface area contributed by atoms with E-state index in [0.29, 0.717) is 13.2 Å². The number of fused-ring (bicyclic) bond motifs is 2. The molecule has 0 spiro atoms. The van der Waals surface area contributed by atoms with Crippen LogP contribution in [0, 0.1) is 0 Å². The molecule has 5 heteroatoms. The molecule has 27 heavy (non-hydrogen) atoms. The Kier molecular flexibility index (Phi) is 4.60. The normalized spacial score (nSPS) is 11.3. The Morgan fingerprint density at radius 2 is 1.96 bits per heavy atom. The number of ether oxygens (including phenoxy) is 1. The van der Waals surface area contributed by atoms with E-state index in [1.165, 1.54) is 0 Å². The average Bonchev–Trinajstić information content (AvgIpc) is 3.02. The van der Waals surface area contributed by atoms with Gasteiger partial charge in [-0.25, -0.2) is 0 Å². The molecule has 0 aliphatic carbocycles. The number of nitrogens with zero attached hydrogens (tertiary/aromatic N) is 2. The summed E-state index contributed by atoms with van der Waals surface area (Å²) < 4.78 is 7.24. The number of carbonyl (C=O) groups is 1. The molecular formula is C22H20N2O3. The SMILES string of the molecule is COCCn1cc(CC(=O)O)c2cc(-c3ccc4ncccc4c3)ccc21. The molecule has 4 rings (SSSR count). The van der Waals surface area contributed by atoms with Crippen molar-refractivity contribution in [1.29, 1.82) is 0 Å². The smallest absolute Gasteiger partial charge is 0.307 e. The van der Waals surface area contributed by atoms with Crippen molar-refractivity contribution in [2.75, 3.05) is 13.7 Å². The van der Waals surface area contributed by atoms with E-state index in [2.05, 4.69) is 39.9 Å². The Balaban J connectivity index is 1.82. The molecule has 2 aromatic heterocycles. The first-order valence-electron chi connectivity index (χ1n) is 8.83. The Labute approximate surface area is 156 Å². The van der Waals surface area contributed by atoms with E-state index in [-0.39, 0.29) is 6.42 Å². The molecule has 0 aliphatic heterocycles. The predicted octanol–water partition coefficient (Wildman–Crippen LogP) is 4.13. The molecule has 0 amide bonds. The van der Waals surface area contributed by atoms with E-state index < -0.39 is 5.97 Å². The summed E-state index contributed by atoms with van der Waals surface area (Å²) in [6.45, 7) is 1.27. The fourth-order valence-corrected chi connectivity index (χ4v) is 3.48. The Hall–Kier alpha value is -3.18. The molecule has 136 valence electrons. The lowest BCUT2D eigenvalue weighted by atomic mass is 10.0. The molecule has 0 unspecified atom stereocenters. The van der Waals surface area contributed by atoms with Crippen molar-refractivity contribution in [2.45, 2.75) is 13.0 Å². The topological polar surface area (TPSA) is 64.3 Å². The second-order valence-electron chi connectivity index (χ2n) is 6.55. The Morgan fingerprint density at radius 3 is 2.78 bits per heavy atom. The number of carboxylic acid groups (broad SMARTS) is 1. The number of benzene rings is 2. The van der Waals surface area contributed by atoms with Gasteiger partial charge in [0.05, 0.1) is 18.5 Å². The van der Waals surface area contributed by atoms with Gasteiger partial charge in [0.15, 0.2) is 0 Å². The zero-order chi connectivity index (χ0) is 18.8. The van der Waals surface area contributed by atoms with Gasteiger partial charge >= 0.3 is 5.97 Å². The molecule has 0 radical (unpaired) electrons. The summed E-state index contributed by atoms with van der Waals surface area (Å²) in [7, 11) is 1.66. The monoisotopic (exact) mass is 360 g/mol. The number of hydrogen-bond donors (Lipinski definition) is 1. The van der Waals surface area contributed by atoms with Crippen LogP contribution in [0.15, 0.2) is 60.9 Å². The van der Waals surface area contributed by atoms with E-state index in [1.54, 1.807) is 13.3 Å². The number of carboxylic acids is 1. The summed E-state index contributed by atoms with van der Waals surface area (Å²) in [5, 5.41) is 11.3. The lowest BCUT2D eigenvalue weighted by molar-refractivity contribution is -0.136. The van der Waals surface area contributed by atoms with Gasteiger partial charge in [-0.2, -0.15) is 0 Å². The van der Waals surface area contributed by atoms with Crippen molar-refractivity contribution in [2.24, 2.45) is 0 Å². The third kappa shape index (κ3) is 3.41. The molecule has 0 saturated heterocycles. The highest BCUT2D eigenvalue weighted by molar-refractivity contribution is 5.92. The molecule has 0 atom stereocenters. The Morgan fingerprint density at radius 1 is 1.15 bits per heavy atom. The number of aromatic nitrogens is 2. The minimum atomic E-state index is -0.831. The molecule has 4 aromatic rings. The number of hydrogen-bond acceptors (Lipinski definition) is 3. The highest BCUT2D eigenvalue weighted by atomic mass is 16.5. The van der Waals surface area contributed by atoms with Crippen LogP contribution in [-0.2, 0) is 22.5 Å². The fourth-order valence-electron chi connectivity index (χ4n) is 3.48. The standard InChI is InChI=1S/C22H20N2O3/c1-27-10-9-24-14-18(13-22(25)26)19-12-16(5-7-21(19)24)15-4-6-20-17(11-15)3-2-8-23-20/h2-8,11-12,14H,9-10,13H2,1H3,(H,25,26). The van der Waals surface area contributed by atoms with E-state index >= 15 is 0 Å². The van der Waals surface area contributed by atoms with Crippen LogP contribution >= 0.6 is 0 Å². The summed E-state index contributed by atoms with van der Waals surface area (Å²) in [4.78, 5) is 15.7. The summed E-state index contributed by atoms with van der Waals surface area (Å²) in [5.74, 6) is -0.831. The van der Waals surface area contributed by atoms with Gasteiger partial charge in [0, 0.05) is 42.3 Å². The largest absolute Gasteiger partial charge is 0.481 e. The van der Waals surface area contributed by atoms with Crippen LogP contribution in [0.25, 0.3) is 32.9 Å². The summed E-state index contributed by atoms with van der Waals surface area (Å²) in [6.07, 6.45) is 3.71. The van der Waals surface area contributed by atoms with Crippen LogP contribution in [0.5, 0.6) is 0 Å². The molecular weight excluding hydrogens is 340 g/mol. The van der Waals surface area contributed by atoms with Crippen LogP contribution in [0.2, 0.25) is 0 Å². The first-order chi connectivity index (χ1) is 13.2. The van der Waals surface area contributed by atoms with Crippen molar-refractivity contribution >= 4 is 27.8 Å². The first-order valence-corrected chi connectivity index (χ1v) is 8.83. The van der Waals surface area contributed by atoms with Gasteiger partial charge in [-0.1, -0.05) is 18.2 Å². The molecule has 5 nitrogen and oxygen atoms in total. The summed E-state index contributed by atoms with van der Waals surface area (Å²) in [6, 6.07) is 16.4. The predicted molar refractivity (Wildman–Crippen MR) is 106 cm³/mol. The van der Waals surface area contributed by atoms with Crippen molar-refractivity contribution in [3.63, 3.8) is 0 Å². The zero-order valence-corrected chi connectivity index (χ0v) is 15.1. The lowest BCUT2D eigenvalue weighted by Crippen LogP contribution is -2.03. The molecule has 0 saturated carbocycles. The second kappa shape index (κ2) is 7.21. The maximum absolute atomic E-state index is 11.3. The van der Waals surface area contributed by atoms with E-state index in [1.807, 2.05) is 24.4 Å². The van der Waals surface area contributed by atoms with Gasteiger partial charge in [0.25, 0.3) is 0 Å². The molecule has 1 N–H and O–H groups in total. The maximum Gasteiger partial charge on any atom is 0.307 e. The first kappa shape index (κ1) is 17.2. The van der Waals surface area contributed by atoms with Crippen molar-refractivity contribution in [3.8, 4) is 11.1 Å². The van der Waals surface area contributed by atoms with Gasteiger partial charge in [-0.05, 0) is 47.0 Å². The van der Waals surface area contributed by atoms with E-state index in [4.69, 9.17) is 4.74 Å². The number of aliphatic carboxylic acids is 1. The van der Waals surface area contributed by atoms with Crippen molar-refractivity contribution in [3.05, 3.63) is 66.5 Å². The Bertz CT molecular complexity index is 1130. The summed E-state index contributed by atoms with van der Waals surface area (Å²) >= 11 is 0. The van der Waals surface area contributed by atoms with Crippen molar-refractivity contribution < 1.29 is 14.6 Å². The minimum absolute atomic E-state index is 0.00156. The van der Waals surface area contributed by atoms with Gasteiger partial charge in [0.1, 0.15) is 0 Å². The lowest BCUT2D eigenvalue weighted by Gasteiger charge is -2.07. The fraction of sp³-hybridized carbons (Fsp3) is 0.182. The van der Waals surface area contributed by atoms with Gasteiger partial charge in [0.2, 0.25) is 0 Å². The van der Waals surface area contributed by atoms with Gasteiger partial charge in [-0.15, -0.1) is 0 Å². The average molecular weight is 360 g/mol. The van der Waals surface area contributed by atoms with Crippen LogP contribution in [0.3, 0.4) is 0 Å².